The first kappa shape index (κ1) is 416. The van der Waals surface area contributed by atoms with Crippen molar-refractivity contribution in [3.8, 4) is 0 Å². The summed E-state index contributed by atoms with van der Waals surface area (Å²) in [5, 5.41) is 0. The summed E-state index contributed by atoms with van der Waals surface area (Å²) >= 11 is 0. The molecular weight excluding hydrogens is 4570 g/mol. The first-order valence-electron chi connectivity index (χ1n) is 0. The molecule has 0 aromatic rings. The Balaban J connectivity index is 0. The summed E-state index contributed by atoms with van der Waals surface area (Å²) < 4.78 is 0. The van der Waals surface area contributed by atoms with Crippen LogP contribution in [0.4, 0.5) is 0 Å². The minimum atomic E-state index is 0. The normalized spacial score (nSPS) is 0. The van der Waals surface area contributed by atoms with Crippen LogP contribution in [-0.2, 0) is 1670 Å². The molecule has 0 heterocycles. The van der Waals surface area contributed by atoms with Gasteiger partial charge in [-0.3, -0.25) is 0 Å². The average molecular weight is 4580 g/mol. The molecule has 0 aliphatic carbocycles. The van der Waals surface area contributed by atoms with Crippen molar-refractivity contribution in [2.45, 2.75) is 0 Å². The predicted molar refractivity (Wildman–Crippen MR) is 19.2 cm³/mol. The van der Waals surface area contributed by atoms with E-state index in [1.165, 1.54) is 0 Å². The van der Waals surface area contributed by atoms with Gasteiger partial charge < -0.3 is 22.3 Å². The van der Waals surface area contributed by atoms with Gasteiger partial charge in [0.05, 0.1) is 0 Å². The molecule has 174 valence electrons. The van der Waals surface area contributed by atoms with Crippen LogP contribution in [-0.4, -0.2) is 0 Å². The van der Waals surface area contributed by atoms with E-state index >= 15 is 0 Å². The molecule has 0 saturated carbocycles. The zero-order valence-corrected chi connectivity index (χ0v) is 177. The number of hydrogen-bond acceptors (Lipinski definition) is 0. The molecule has 0 amide bonds. The molecule has 0 bridgehead atoms. The molecule has 0 unspecified atom stereocenters. The summed E-state index contributed by atoms with van der Waals surface area (Å²) in [7, 11) is 0. The van der Waals surface area contributed by atoms with Gasteiger partial charge in [0.2, 0.25) is 0 Å². The molecule has 54 heavy (non-hydrogen) atoms. The Morgan fingerprint density at radius 1 is 0.0556 bits per heavy atom. The first-order chi connectivity index (χ1) is 0. The number of rotatable bonds is 0. The fourth-order valence-electron chi connectivity index (χ4n) is 0. The standard InChI is InChI=1S/3CH3.51Y/h3*1H3;;;;;;;;;;;;;;;;;;;;;;;;;;;;;;;;;;;;;;;;;;;;;;;;;;;/q3*-1;;;;;;;;;;;;;;;;;;;;;;;;;;;;;;;;;;;;;;;;;;;;;;;;;;;+3. The predicted octanol–water partition coefficient (Wildman–Crippen LogP) is 1.22. The van der Waals surface area contributed by atoms with Crippen LogP contribution < -0.4 is 0 Å². The van der Waals surface area contributed by atoms with Crippen LogP contribution >= 0.6 is 0 Å². The maximum atomic E-state index is 0. The first-order valence-corrected chi connectivity index (χ1v) is 0. The molecule has 0 saturated heterocycles. The molecule has 0 atom stereocenters. The summed E-state index contributed by atoms with van der Waals surface area (Å²) in [5.74, 6) is 0. The van der Waals surface area contributed by atoms with Crippen molar-refractivity contribution in [1.82, 2.24) is 0 Å². The second-order valence-electron chi connectivity index (χ2n) is 0. The average Bonchev–Trinajstić information content (AvgIpc) is 0. The van der Waals surface area contributed by atoms with Crippen molar-refractivity contribution in [1.29, 1.82) is 0 Å². The minimum absolute atomic E-state index is 0. The topological polar surface area (TPSA) is 0 Å². The molecular formula is C3H9Y51. The number of hydrogen-bond donors (Lipinski definition) is 0. The SMILES string of the molecule is [CH3-].[CH3-].[CH3-].[Y+3].[Y].[Y].[Y].[Y].[Y].[Y].[Y].[Y].[Y].[Y].[Y].[Y].[Y].[Y].[Y].[Y].[Y].[Y].[Y].[Y].[Y].[Y].[Y].[Y].[Y].[Y].[Y].[Y].[Y].[Y].[Y].[Y].[Y].[Y].[Y].[Y].[Y].[Y].[Y].[Y].[Y].[Y].[Y].[Y].[Y].[Y].[Y].[Y].[Y].[Y]. The Hall–Kier alpha value is 56.3. The summed E-state index contributed by atoms with van der Waals surface area (Å²) in [6, 6.07) is 0. The van der Waals surface area contributed by atoms with Gasteiger partial charge in [-0.2, -0.15) is 0 Å². The van der Waals surface area contributed by atoms with Crippen LogP contribution in [0.15, 0.2) is 0 Å². The van der Waals surface area contributed by atoms with Crippen LogP contribution in [0.1, 0.15) is 0 Å². The van der Waals surface area contributed by atoms with Crippen LogP contribution in [0.2, 0.25) is 0 Å². The van der Waals surface area contributed by atoms with Gasteiger partial charge in [0.1, 0.15) is 0 Å². The summed E-state index contributed by atoms with van der Waals surface area (Å²) in [6.45, 7) is 0. The van der Waals surface area contributed by atoms with Gasteiger partial charge in [0.25, 0.3) is 0 Å². The Morgan fingerprint density at radius 2 is 0.0556 bits per heavy atom. The molecule has 0 fully saturated rings. The molecule has 0 N–H and O–H groups in total. The molecule has 0 aromatic carbocycles. The monoisotopic (exact) mass is 4580 g/mol. The van der Waals surface area contributed by atoms with E-state index in [1.54, 1.807) is 0 Å². The van der Waals surface area contributed by atoms with E-state index in [-0.39, 0.29) is 1690 Å². The van der Waals surface area contributed by atoms with Gasteiger partial charge in [-0.25, -0.2) is 0 Å². The molecule has 0 aromatic heterocycles. The van der Waals surface area contributed by atoms with Gasteiger partial charge in [-0.05, 0) is 0 Å². The van der Waals surface area contributed by atoms with Gasteiger partial charge in [0.15, 0.2) is 0 Å². The molecule has 0 nitrogen and oxygen atoms in total. The van der Waals surface area contributed by atoms with Crippen LogP contribution in [0.5, 0.6) is 0 Å². The van der Waals surface area contributed by atoms with E-state index in [9.17, 15) is 0 Å². The summed E-state index contributed by atoms with van der Waals surface area (Å²) in [4.78, 5) is 0. The second-order valence-corrected chi connectivity index (χ2v) is 0. The molecule has 0 aliphatic heterocycles. The summed E-state index contributed by atoms with van der Waals surface area (Å²) in [6.07, 6.45) is 0. The third-order valence-electron chi connectivity index (χ3n) is 0. The van der Waals surface area contributed by atoms with E-state index in [1.807, 2.05) is 0 Å². The largest absolute Gasteiger partial charge is 3.00 e. The fraction of sp³-hybridized carbons (Fsp3) is 0. The smallest absolute Gasteiger partial charge is 0.358 e. The molecule has 0 rings (SSSR count). The Bertz CT molecular complexity index is 16.7. The van der Waals surface area contributed by atoms with Gasteiger partial charge >= 0.3 is 32.7 Å². The van der Waals surface area contributed by atoms with E-state index in [2.05, 4.69) is 0 Å². The van der Waals surface area contributed by atoms with Crippen molar-refractivity contribution in [3.63, 3.8) is 0 Å². The van der Waals surface area contributed by atoms with Crippen LogP contribution in [0.25, 0.3) is 0 Å². The molecule has 50 radical (unpaired) electrons. The zero-order valence-electron chi connectivity index (χ0n) is 32.4. The van der Waals surface area contributed by atoms with Crippen molar-refractivity contribution < 1.29 is 1670 Å². The maximum absolute atomic E-state index is 0. The van der Waals surface area contributed by atoms with E-state index < -0.39 is 0 Å². The Kier molecular flexibility index (Phi) is 3110. The Morgan fingerprint density at radius 3 is 0.0556 bits per heavy atom. The fourth-order valence-corrected chi connectivity index (χ4v) is 0. The third kappa shape index (κ3) is 393. The maximum Gasteiger partial charge on any atom is 3.00 e. The molecule has 51 heteroatoms. The third-order valence-corrected chi connectivity index (χ3v) is 0. The second kappa shape index (κ2) is 404. The summed E-state index contributed by atoms with van der Waals surface area (Å²) in [5.41, 5.74) is 0. The van der Waals surface area contributed by atoms with E-state index in [0.29, 0.717) is 0 Å². The van der Waals surface area contributed by atoms with Crippen molar-refractivity contribution in [2.24, 2.45) is 0 Å². The quantitative estimate of drug-likeness (QED) is 0.321. The van der Waals surface area contributed by atoms with Crippen molar-refractivity contribution >= 4 is 0 Å². The van der Waals surface area contributed by atoms with Gasteiger partial charge in [0, 0.05) is 1640 Å². The molecule has 0 spiro atoms. The Labute approximate surface area is 1620 Å². The van der Waals surface area contributed by atoms with Crippen molar-refractivity contribution in [2.75, 3.05) is 0 Å². The van der Waals surface area contributed by atoms with Crippen LogP contribution in [0.3, 0.4) is 0 Å². The van der Waals surface area contributed by atoms with Gasteiger partial charge in [-0.1, -0.05) is 0 Å². The zero-order chi connectivity index (χ0) is 0. The van der Waals surface area contributed by atoms with Gasteiger partial charge in [-0.15, -0.1) is 0 Å². The van der Waals surface area contributed by atoms with Crippen molar-refractivity contribution in [3.05, 3.63) is 22.3 Å². The van der Waals surface area contributed by atoms with Crippen LogP contribution in [0, 0.1) is 22.3 Å². The minimum Gasteiger partial charge on any atom is -0.358 e. The van der Waals surface area contributed by atoms with E-state index in [0.717, 1.165) is 0 Å². The van der Waals surface area contributed by atoms with E-state index in [4.69, 9.17) is 0 Å². The molecule has 0 aliphatic rings.